The monoisotopic (exact) mass is 203 g/mol. The third kappa shape index (κ3) is 3.61. The Kier molecular flexibility index (Phi) is 4.86. The molecule has 2 atom stereocenters. The highest BCUT2D eigenvalue weighted by Gasteiger charge is 2.23. The minimum Gasteiger partial charge on any atom is -0.466 e. The smallest absolute Gasteiger partial charge is 0.308 e. The SMILES string of the molecule is CCOC(=O)C[C@@H]1CNC[C@@H](CO)O1. The van der Waals surface area contributed by atoms with Crippen LogP contribution in [0, 0.1) is 0 Å². The number of morpholine rings is 1. The molecule has 0 spiro atoms. The summed E-state index contributed by atoms with van der Waals surface area (Å²) in [7, 11) is 0. The Bertz CT molecular complexity index is 186. The Labute approximate surface area is 83.4 Å². The van der Waals surface area contributed by atoms with Gasteiger partial charge in [0.2, 0.25) is 0 Å². The molecular formula is C9H17NO4. The molecule has 0 amide bonds. The molecule has 5 nitrogen and oxygen atoms in total. The van der Waals surface area contributed by atoms with Crippen molar-refractivity contribution in [3.63, 3.8) is 0 Å². The minimum absolute atomic E-state index is 0.0215. The Morgan fingerprint density at radius 3 is 2.93 bits per heavy atom. The van der Waals surface area contributed by atoms with Gasteiger partial charge in [-0.2, -0.15) is 0 Å². The predicted octanol–water partition coefficient (Wildman–Crippen LogP) is -0.711. The molecule has 0 radical (unpaired) electrons. The Hall–Kier alpha value is -0.650. The van der Waals surface area contributed by atoms with Gasteiger partial charge in [-0.1, -0.05) is 0 Å². The van der Waals surface area contributed by atoms with Crippen LogP contribution in [0.3, 0.4) is 0 Å². The van der Waals surface area contributed by atoms with Crippen LogP contribution < -0.4 is 5.32 Å². The van der Waals surface area contributed by atoms with E-state index in [0.717, 1.165) is 0 Å². The maximum absolute atomic E-state index is 11.1. The zero-order chi connectivity index (χ0) is 10.4. The lowest BCUT2D eigenvalue weighted by Gasteiger charge is -2.29. The van der Waals surface area contributed by atoms with Gasteiger partial charge in [0.05, 0.1) is 31.8 Å². The van der Waals surface area contributed by atoms with Crippen LogP contribution in [0.5, 0.6) is 0 Å². The van der Waals surface area contributed by atoms with E-state index in [1.165, 1.54) is 0 Å². The van der Waals surface area contributed by atoms with Crippen molar-refractivity contribution in [2.75, 3.05) is 26.3 Å². The molecule has 1 aliphatic heterocycles. The number of hydrogen-bond acceptors (Lipinski definition) is 5. The van der Waals surface area contributed by atoms with E-state index in [-0.39, 0.29) is 31.2 Å². The van der Waals surface area contributed by atoms with Crippen molar-refractivity contribution in [1.29, 1.82) is 0 Å². The number of carbonyl (C=O) groups excluding carboxylic acids is 1. The number of carbonyl (C=O) groups is 1. The van der Waals surface area contributed by atoms with Crippen LogP contribution in [0.1, 0.15) is 13.3 Å². The van der Waals surface area contributed by atoms with Crippen molar-refractivity contribution < 1.29 is 19.4 Å². The van der Waals surface area contributed by atoms with Crippen LogP contribution in [-0.4, -0.2) is 49.6 Å². The number of ether oxygens (including phenoxy) is 2. The molecule has 2 N–H and O–H groups in total. The van der Waals surface area contributed by atoms with E-state index in [0.29, 0.717) is 19.7 Å². The van der Waals surface area contributed by atoms with E-state index >= 15 is 0 Å². The molecular weight excluding hydrogens is 186 g/mol. The zero-order valence-electron chi connectivity index (χ0n) is 8.36. The maximum Gasteiger partial charge on any atom is 0.308 e. The largest absolute Gasteiger partial charge is 0.466 e. The molecule has 0 aliphatic carbocycles. The average molecular weight is 203 g/mol. The third-order valence-corrected chi connectivity index (χ3v) is 2.03. The highest BCUT2D eigenvalue weighted by atomic mass is 16.5. The standard InChI is InChI=1S/C9H17NO4/c1-2-13-9(12)3-7-4-10-5-8(6-11)14-7/h7-8,10-11H,2-6H2,1H3/t7-,8+/m1/s1. The maximum atomic E-state index is 11.1. The van der Waals surface area contributed by atoms with E-state index < -0.39 is 0 Å². The summed E-state index contributed by atoms with van der Waals surface area (Å²) in [5.74, 6) is -0.252. The number of esters is 1. The fraction of sp³-hybridized carbons (Fsp3) is 0.889. The molecule has 5 heteroatoms. The predicted molar refractivity (Wildman–Crippen MR) is 49.9 cm³/mol. The second-order valence-electron chi connectivity index (χ2n) is 3.23. The summed E-state index contributed by atoms with van der Waals surface area (Å²) < 4.78 is 10.2. The van der Waals surface area contributed by atoms with Crippen LogP contribution in [0.2, 0.25) is 0 Å². The summed E-state index contributed by atoms with van der Waals surface area (Å²) in [6.45, 7) is 3.41. The molecule has 0 saturated carbocycles. The van der Waals surface area contributed by atoms with Gasteiger partial charge in [0, 0.05) is 13.1 Å². The summed E-state index contributed by atoms with van der Waals surface area (Å²) >= 11 is 0. The fourth-order valence-electron chi connectivity index (χ4n) is 1.41. The number of hydrogen-bond donors (Lipinski definition) is 2. The molecule has 1 aliphatic rings. The lowest BCUT2D eigenvalue weighted by atomic mass is 10.2. The zero-order valence-corrected chi connectivity index (χ0v) is 8.36. The number of rotatable bonds is 4. The highest BCUT2D eigenvalue weighted by molar-refractivity contribution is 5.69. The molecule has 0 aromatic carbocycles. The van der Waals surface area contributed by atoms with E-state index in [1.807, 2.05) is 0 Å². The van der Waals surface area contributed by atoms with Crippen molar-refractivity contribution in [2.24, 2.45) is 0 Å². The molecule has 82 valence electrons. The summed E-state index contributed by atoms with van der Waals surface area (Å²) in [5, 5.41) is 12.0. The third-order valence-electron chi connectivity index (χ3n) is 2.03. The van der Waals surface area contributed by atoms with Gasteiger partial charge < -0.3 is 19.9 Å². The van der Waals surface area contributed by atoms with E-state index in [9.17, 15) is 4.79 Å². The van der Waals surface area contributed by atoms with Crippen LogP contribution >= 0.6 is 0 Å². The molecule has 0 bridgehead atoms. The van der Waals surface area contributed by atoms with Gasteiger partial charge in [-0.15, -0.1) is 0 Å². The van der Waals surface area contributed by atoms with E-state index in [4.69, 9.17) is 14.6 Å². The van der Waals surface area contributed by atoms with Crippen molar-refractivity contribution >= 4 is 5.97 Å². The van der Waals surface area contributed by atoms with Crippen LogP contribution in [-0.2, 0) is 14.3 Å². The van der Waals surface area contributed by atoms with Gasteiger partial charge in [-0.25, -0.2) is 0 Å². The molecule has 0 aromatic rings. The minimum atomic E-state index is -0.252. The molecule has 0 unspecified atom stereocenters. The van der Waals surface area contributed by atoms with E-state index in [2.05, 4.69) is 5.32 Å². The van der Waals surface area contributed by atoms with Gasteiger partial charge in [0.25, 0.3) is 0 Å². The number of aliphatic hydroxyl groups is 1. The second-order valence-corrected chi connectivity index (χ2v) is 3.23. The first-order valence-electron chi connectivity index (χ1n) is 4.89. The molecule has 1 fully saturated rings. The quantitative estimate of drug-likeness (QED) is 0.591. The lowest BCUT2D eigenvalue weighted by molar-refractivity contribution is -0.149. The van der Waals surface area contributed by atoms with E-state index in [1.54, 1.807) is 6.92 Å². The fourth-order valence-corrected chi connectivity index (χ4v) is 1.41. The number of aliphatic hydroxyl groups excluding tert-OH is 1. The molecule has 1 heterocycles. The summed E-state index contributed by atoms with van der Waals surface area (Å²) in [5.41, 5.74) is 0. The van der Waals surface area contributed by atoms with Crippen molar-refractivity contribution in [3.8, 4) is 0 Å². The Balaban J connectivity index is 2.26. The highest BCUT2D eigenvalue weighted by Crippen LogP contribution is 2.07. The average Bonchev–Trinajstić information content (AvgIpc) is 2.18. The first-order valence-corrected chi connectivity index (χ1v) is 4.89. The van der Waals surface area contributed by atoms with Crippen molar-refractivity contribution in [1.82, 2.24) is 5.32 Å². The molecule has 0 aromatic heterocycles. The normalized spacial score (nSPS) is 27.3. The Morgan fingerprint density at radius 2 is 2.29 bits per heavy atom. The number of nitrogens with one attached hydrogen (secondary N) is 1. The van der Waals surface area contributed by atoms with Gasteiger partial charge in [-0.3, -0.25) is 4.79 Å². The first kappa shape index (κ1) is 11.4. The summed E-state index contributed by atoms with van der Waals surface area (Å²) in [4.78, 5) is 11.1. The second kappa shape index (κ2) is 5.95. The van der Waals surface area contributed by atoms with Crippen LogP contribution in [0.4, 0.5) is 0 Å². The van der Waals surface area contributed by atoms with Gasteiger partial charge in [-0.05, 0) is 6.92 Å². The lowest BCUT2D eigenvalue weighted by Crippen LogP contribution is -2.47. The Morgan fingerprint density at radius 1 is 1.57 bits per heavy atom. The van der Waals surface area contributed by atoms with Gasteiger partial charge in [0.15, 0.2) is 0 Å². The van der Waals surface area contributed by atoms with Crippen LogP contribution in [0.15, 0.2) is 0 Å². The molecule has 1 rings (SSSR count). The summed E-state index contributed by atoms with van der Waals surface area (Å²) in [6, 6.07) is 0. The first-order chi connectivity index (χ1) is 6.76. The summed E-state index contributed by atoms with van der Waals surface area (Å²) in [6.07, 6.45) is -0.139. The van der Waals surface area contributed by atoms with Gasteiger partial charge >= 0.3 is 5.97 Å². The topological polar surface area (TPSA) is 67.8 Å². The molecule has 1 saturated heterocycles. The van der Waals surface area contributed by atoms with Crippen molar-refractivity contribution in [3.05, 3.63) is 0 Å². The van der Waals surface area contributed by atoms with Crippen molar-refractivity contribution in [2.45, 2.75) is 25.6 Å². The van der Waals surface area contributed by atoms with Crippen LogP contribution in [0.25, 0.3) is 0 Å². The molecule has 14 heavy (non-hydrogen) atoms. The van der Waals surface area contributed by atoms with Gasteiger partial charge in [0.1, 0.15) is 0 Å².